The smallest absolute Gasteiger partial charge is 0.251 e. The third-order valence-corrected chi connectivity index (χ3v) is 6.82. The minimum Gasteiger partial charge on any atom is -0.352 e. The van der Waals surface area contributed by atoms with Gasteiger partial charge in [0.05, 0.1) is 6.26 Å². The fraction of sp³-hybridized carbons (Fsp3) is 0.632. The van der Waals surface area contributed by atoms with Crippen molar-refractivity contribution in [1.29, 1.82) is 0 Å². The number of benzene rings is 1. The first-order valence-electron chi connectivity index (χ1n) is 9.35. The van der Waals surface area contributed by atoms with Gasteiger partial charge in [-0.3, -0.25) is 4.79 Å². The van der Waals surface area contributed by atoms with E-state index in [9.17, 15) is 13.2 Å². The summed E-state index contributed by atoms with van der Waals surface area (Å²) in [6.07, 6.45) is 2.83. The van der Waals surface area contributed by atoms with E-state index in [1.165, 1.54) is 21.7 Å². The molecule has 0 radical (unpaired) electrons. The van der Waals surface area contributed by atoms with Gasteiger partial charge in [0.25, 0.3) is 5.91 Å². The molecule has 1 atom stereocenters. The van der Waals surface area contributed by atoms with E-state index in [-0.39, 0.29) is 5.91 Å². The highest BCUT2D eigenvalue weighted by Crippen LogP contribution is 2.31. The van der Waals surface area contributed by atoms with E-state index >= 15 is 0 Å². The Morgan fingerprint density at radius 1 is 1.31 bits per heavy atom. The van der Waals surface area contributed by atoms with Gasteiger partial charge in [0.1, 0.15) is 0 Å². The lowest BCUT2D eigenvalue weighted by atomic mass is 9.94. The Hall–Kier alpha value is -1.44. The molecule has 0 bridgehead atoms. The second-order valence-corrected chi connectivity index (χ2v) is 9.81. The van der Waals surface area contributed by atoms with Gasteiger partial charge >= 0.3 is 0 Å². The number of amides is 1. The van der Waals surface area contributed by atoms with Crippen LogP contribution in [-0.4, -0.2) is 44.5 Å². The average Bonchev–Trinajstić information content (AvgIpc) is 3.02. The zero-order valence-corrected chi connectivity index (χ0v) is 16.6. The normalized spacial score (nSPS) is 21.8. The zero-order chi connectivity index (χ0) is 18.9. The highest BCUT2D eigenvalue weighted by molar-refractivity contribution is 7.88. The first kappa shape index (κ1) is 19.3. The van der Waals surface area contributed by atoms with Gasteiger partial charge in [-0.2, -0.15) is 0 Å². The Morgan fingerprint density at radius 3 is 2.62 bits per heavy atom. The molecule has 6 nitrogen and oxygen atoms in total. The number of nitrogens with zero attached hydrogens (tertiary/aromatic N) is 1. The molecule has 3 rings (SSSR count). The van der Waals surface area contributed by atoms with E-state index in [1.807, 2.05) is 12.1 Å². The number of piperidine rings is 1. The molecule has 1 unspecified atom stereocenters. The van der Waals surface area contributed by atoms with Crippen molar-refractivity contribution >= 4 is 15.9 Å². The number of rotatable bonds is 5. The molecule has 0 aliphatic carbocycles. The second-order valence-electron chi connectivity index (χ2n) is 7.83. The number of sulfonamides is 1. The molecule has 0 aromatic heterocycles. The van der Waals surface area contributed by atoms with Crippen LogP contribution in [0, 0.1) is 11.8 Å². The maximum Gasteiger partial charge on any atom is 0.251 e. The number of nitrogens with one attached hydrogen (secondary N) is 2. The van der Waals surface area contributed by atoms with Crippen molar-refractivity contribution in [1.82, 2.24) is 14.9 Å². The van der Waals surface area contributed by atoms with Crippen molar-refractivity contribution in [2.45, 2.75) is 39.3 Å². The van der Waals surface area contributed by atoms with Crippen LogP contribution in [0.25, 0.3) is 0 Å². The van der Waals surface area contributed by atoms with E-state index in [4.69, 9.17) is 0 Å². The molecule has 1 fully saturated rings. The number of carbonyl (C=O) groups is 1. The average molecular weight is 380 g/mol. The van der Waals surface area contributed by atoms with Crippen molar-refractivity contribution < 1.29 is 13.2 Å². The van der Waals surface area contributed by atoms with Crippen LogP contribution in [0.3, 0.4) is 0 Å². The molecule has 26 heavy (non-hydrogen) atoms. The summed E-state index contributed by atoms with van der Waals surface area (Å²) in [6, 6.07) is 6.33. The van der Waals surface area contributed by atoms with Crippen LogP contribution < -0.4 is 10.6 Å². The third-order valence-electron chi connectivity index (χ3n) is 5.51. The lowest BCUT2D eigenvalue weighted by Crippen LogP contribution is -2.41. The molecule has 1 amide bonds. The zero-order valence-electron chi connectivity index (χ0n) is 15.8. The van der Waals surface area contributed by atoms with Crippen LogP contribution >= 0.6 is 0 Å². The lowest BCUT2D eigenvalue weighted by Gasteiger charge is -2.30. The van der Waals surface area contributed by atoms with Crippen molar-refractivity contribution in [3.8, 4) is 0 Å². The molecule has 1 saturated heterocycles. The quantitative estimate of drug-likeness (QED) is 0.819. The minimum absolute atomic E-state index is 0.0497. The van der Waals surface area contributed by atoms with Crippen molar-refractivity contribution in [2.24, 2.45) is 11.8 Å². The summed E-state index contributed by atoms with van der Waals surface area (Å²) in [6.45, 7) is 6.88. The predicted octanol–water partition coefficient (Wildman–Crippen LogP) is 1.89. The Kier molecular flexibility index (Phi) is 5.69. The van der Waals surface area contributed by atoms with Crippen LogP contribution in [0.5, 0.6) is 0 Å². The molecule has 1 aromatic carbocycles. The van der Waals surface area contributed by atoms with Crippen LogP contribution in [0.15, 0.2) is 18.2 Å². The highest BCUT2D eigenvalue weighted by atomic mass is 32.2. The van der Waals surface area contributed by atoms with Gasteiger partial charge in [0.15, 0.2) is 0 Å². The molecule has 0 saturated carbocycles. The summed E-state index contributed by atoms with van der Waals surface area (Å²) in [5.74, 6) is 0.804. The van der Waals surface area contributed by atoms with Crippen molar-refractivity contribution in [3.63, 3.8) is 0 Å². The number of carbonyl (C=O) groups excluding carboxylic acids is 1. The summed E-state index contributed by atoms with van der Waals surface area (Å²) >= 11 is 0. The maximum atomic E-state index is 12.5. The number of fused-ring (bicyclic) bond motifs is 1. The van der Waals surface area contributed by atoms with Gasteiger partial charge in [0.2, 0.25) is 10.0 Å². The summed E-state index contributed by atoms with van der Waals surface area (Å²) in [7, 11) is -3.10. The predicted molar refractivity (Wildman–Crippen MR) is 102 cm³/mol. The molecule has 2 aliphatic rings. The maximum absolute atomic E-state index is 12.5. The first-order chi connectivity index (χ1) is 12.3. The van der Waals surface area contributed by atoms with E-state index in [0.29, 0.717) is 43.1 Å². The van der Waals surface area contributed by atoms with E-state index < -0.39 is 10.0 Å². The highest BCUT2D eigenvalue weighted by Gasteiger charge is 2.27. The lowest BCUT2D eigenvalue weighted by molar-refractivity contribution is 0.0941. The Morgan fingerprint density at radius 2 is 2.00 bits per heavy atom. The van der Waals surface area contributed by atoms with Crippen molar-refractivity contribution in [2.75, 3.05) is 25.9 Å². The molecular weight excluding hydrogens is 350 g/mol. The van der Waals surface area contributed by atoms with Gasteiger partial charge in [-0.1, -0.05) is 19.9 Å². The SMILES string of the molecule is CC(C)C1NCc2cc(C(=O)NCC3CCN(S(C)(=O)=O)CC3)ccc21. The Labute approximate surface area is 156 Å². The standard InChI is InChI=1S/C19H29N3O3S/c1-13(2)18-17-5-4-15(10-16(17)12-20-18)19(23)21-11-14-6-8-22(9-7-14)26(3,24)25/h4-5,10,13-14,18,20H,6-9,11-12H2,1-3H3,(H,21,23). The molecule has 2 heterocycles. The van der Waals surface area contributed by atoms with Crippen LogP contribution in [0.1, 0.15) is 54.2 Å². The molecular formula is C19H29N3O3S. The summed E-state index contributed by atoms with van der Waals surface area (Å²) in [4.78, 5) is 12.5. The second kappa shape index (κ2) is 7.66. The van der Waals surface area contributed by atoms with E-state index in [2.05, 4.69) is 30.5 Å². The summed E-state index contributed by atoms with van der Waals surface area (Å²) in [5, 5.41) is 6.52. The summed E-state index contributed by atoms with van der Waals surface area (Å²) < 4.78 is 24.6. The fourth-order valence-corrected chi connectivity index (χ4v) is 4.79. The van der Waals surface area contributed by atoms with Gasteiger partial charge in [-0.25, -0.2) is 12.7 Å². The first-order valence-corrected chi connectivity index (χ1v) is 11.2. The van der Waals surface area contributed by atoms with Gasteiger partial charge in [0, 0.05) is 37.8 Å². The molecule has 2 aliphatic heterocycles. The molecule has 0 spiro atoms. The number of hydrogen-bond acceptors (Lipinski definition) is 4. The molecule has 7 heteroatoms. The van der Waals surface area contributed by atoms with Crippen molar-refractivity contribution in [3.05, 3.63) is 34.9 Å². The topological polar surface area (TPSA) is 78.5 Å². The van der Waals surface area contributed by atoms with Gasteiger partial charge in [-0.05, 0) is 47.9 Å². The monoisotopic (exact) mass is 379 g/mol. The number of hydrogen-bond donors (Lipinski definition) is 2. The van der Waals surface area contributed by atoms with Gasteiger partial charge < -0.3 is 10.6 Å². The fourth-order valence-electron chi connectivity index (χ4n) is 3.91. The van der Waals surface area contributed by atoms with E-state index in [1.54, 1.807) is 0 Å². The third kappa shape index (κ3) is 4.27. The minimum atomic E-state index is -3.10. The molecule has 2 N–H and O–H groups in total. The largest absolute Gasteiger partial charge is 0.352 e. The molecule has 144 valence electrons. The molecule has 1 aromatic rings. The Balaban J connectivity index is 1.54. The van der Waals surface area contributed by atoms with Crippen LogP contribution in [0.2, 0.25) is 0 Å². The van der Waals surface area contributed by atoms with Crippen LogP contribution in [-0.2, 0) is 16.6 Å². The Bertz CT molecular complexity index is 768. The van der Waals surface area contributed by atoms with Gasteiger partial charge in [-0.15, -0.1) is 0 Å². The van der Waals surface area contributed by atoms with Crippen LogP contribution in [0.4, 0.5) is 0 Å². The summed E-state index contributed by atoms with van der Waals surface area (Å²) in [5.41, 5.74) is 3.20. The van der Waals surface area contributed by atoms with E-state index in [0.717, 1.165) is 19.4 Å².